The van der Waals surface area contributed by atoms with Crippen LogP contribution in [0, 0.1) is 5.92 Å². The van der Waals surface area contributed by atoms with E-state index in [0.29, 0.717) is 6.54 Å². The Morgan fingerprint density at radius 1 is 1.44 bits per heavy atom. The van der Waals surface area contributed by atoms with Crippen LogP contribution in [0.15, 0.2) is 24.3 Å². The van der Waals surface area contributed by atoms with Crippen LogP contribution in [0.3, 0.4) is 0 Å². The first-order valence-electron chi connectivity index (χ1n) is 5.49. The minimum Gasteiger partial charge on any atom is -0.355 e. The third-order valence-corrected chi connectivity index (χ3v) is 3.17. The van der Waals surface area contributed by atoms with Crippen LogP contribution in [0.5, 0.6) is 0 Å². The predicted molar refractivity (Wildman–Crippen MR) is 64.5 cm³/mol. The van der Waals surface area contributed by atoms with E-state index in [0.717, 1.165) is 30.1 Å². The molecule has 1 aromatic rings. The summed E-state index contributed by atoms with van der Waals surface area (Å²) in [6.45, 7) is 2.26. The SMILES string of the molecule is O=C(NCCc1ccccc1Cl)C1CNC1. The van der Waals surface area contributed by atoms with Crippen LogP contribution >= 0.6 is 11.6 Å². The van der Waals surface area contributed by atoms with Gasteiger partial charge in [0.15, 0.2) is 0 Å². The van der Waals surface area contributed by atoms with E-state index in [2.05, 4.69) is 10.6 Å². The van der Waals surface area contributed by atoms with E-state index in [1.165, 1.54) is 0 Å². The molecule has 1 aliphatic heterocycles. The summed E-state index contributed by atoms with van der Waals surface area (Å²) >= 11 is 6.02. The number of benzene rings is 1. The fourth-order valence-corrected chi connectivity index (χ4v) is 1.87. The average molecular weight is 239 g/mol. The first-order chi connectivity index (χ1) is 7.77. The zero-order valence-electron chi connectivity index (χ0n) is 9.00. The first-order valence-corrected chi connectivity index (χ1v) is 5.87. The van der Waals surface area contributed by atoms with Crippen LogP contribution in [0.1, 0.15) is 5.56 Å². The van der Waals surface area contributed by atoms with E-state index in [-0.39, 0.29) is 11.8 Å². The summed E-state index contributed by atoms with van der Waals surface area (Å²) in [7, 11) is 0. The number of amides is 1. The van der Waals surface area contributed by atoms with E-state index in [1.807, 2.05) is 24.3 Å². The zero-order chi connectivity index (χ0) is 11.4. The maximum absolute atomic E-state index is 11.5. The van der Waals surface area contributed by atoms with Gasteiger partial charge in [0.25, 0.3) is 0 Å². The van der Waals surface area contributed by atoms with E-state index < -0.39 is 0 Å². The maximum Gasteiger partial charge on any atom is 0.225 e. The van der Waals surface area contributed by atoms with Gasteiger partial charge in [0.1, 0.15) is 0 Å². The van der Waals surface area contributed by atoms with Gasteiger partial charge in [-0.05, 0) is 18.1 Å². The van der Waals surface area contributed by atoms with Crippen molar-refractivity contribution in [2.24, 2.45) is 5.92 Å². The molecular weight excluding hydrogens is 224 g/mol. The van der Waals surface area contributed by atoms with Crippen LogP contribution in [0.25, 0.3) is 0 Å². The summed E-state index contributed by atoms with van der Waals surface area (Å²) < 4.78 is 0. The maximum atomic E-state index is 11.5. The number of halogens is 1. The molecule has 0 spiro atoms. The van der Waals surface area contributed by atoms with Gasteiger partial charge in [-0.1, -0.05) is 29.8 Å². The van der Waals surface area contributed by atoms with E-state index >= 15 is 0 Å². The normalized spacial score (nSPS) is 15.6. The van der Waals surface area contributed by atoms with Gasteiger partial charge < -0.3 is 10.6 Å². The molecule has 0 aliphatic carbocycles. The Balaban J connectivity index is 1.75. The largest absolute Gasteiger partial charge is 0.355 e. The molecule has 1 saturated heterocycles. The highest BCUT2D eigenvalue weighted by atomic mass is 35.5. The number of carbonyl (C=O) groups excluding carboxylic acids is 1. The Bertz CT molecular complexity index is 377. The predicted octanol–water partition coefficient (Wildman–Crippen LogP) is 1.22. The Hall–Kier alpha value is -1.06. The Morgan fingerprint density at radius 2 is 2.19 bits per heavy atom. The molecule has 0 bridgehead atoms. The molecule has 0 unspecified atom stereocenters. The fraction of sp³-hybridized carbons (Fsp3) is 0.417. The van der Waals surface area contributed by atoms with Crippen LogP contribution in [-0.2, 0) is 11.2 Å². The second kappa shape index (κ2) is 5.32. The molecule has 86 valence electrons. The van der Waals surface area contributed by atoms with Gasteiger partial charge >= 0.3 is 0 Å². The summed E-state index contributed by atoms with van der Waals surface area (Å²) in [4.78, 5) is 11.5. The summed E-state index contributed by atoms with van der Waals surface area (Å²) in [6, 6.07) is 7.72. The smallest absolute Gasteiger partial charge is 0.225 e. The summed E-state index contributed by atoms with van der Waals surface area (Å²) in [5, 5.41) is 6.77. The monoisotopic (exact) mass is 238 g/mol. The average Bonchev–Trinajstić information content (AvgIpc) is 2.18. The van der Waals surface area contributed by atoms with Crippen molar-refractivity contribution in [3.8, 4) is 0 Å². The van der Waals surface area contributed by atoms with Crippen molar-refractivity contribution in [2.45, 2.75) is 6.42 Å². The number of rotatable bonds is 4. The summed E-state index contributed by atoms with van der Waals surface area (Å²) in [5.74, 6) is 0.303. The van der Waals surface area contributed by atoms with Crippen LogP contribution in [-0.4, -0.2) is 25.5 Å². The van der Waals surface area contributed by atoms with Crippen molar-refractivity contribution in [3.05, 3.63) is 34.9 Å². The Labute approximate surface area is 100 Å². The molecule has 16 heavy (non-hydrogen) atoms. The Morgan fingerprint density at radius 3 is 2.81 bits per heavy atom. The van der Waals surface area contributed by atoms with Gasteiger partial charge in [0, 0.05) is 24.7 Å². The first kappa shape index (κ1) is 11.4. The standard InChI is InChI=1S/C12H15ClN2O/c13-11-4-2-1-3-9(11)5-6-15-12(16)10-7-14-8-10/h1-4,10,14H,5-8H2,(H,15,16). The van der Waals surface area contributed by atoms with E-state index in [1.54, 1.807) is 0 Å². The number of hydrogen-bond acceptors (Lipinski definition) is 2. The highest BCUT2D eigenvalue weighted by Crippen LogP contribution is 2.14. The molecule has 0 saturated carbocycles. The van der Waals surface area contributed by atoms with Crippen molar-refractivity contribution in [1.29, 1.82) is 0 Å². The lowest BCUT2D eigenvalue weighted by molar-refractivity contribution is -0.126. The molecular formula is C12H15ClN2O. The van der Waals surface area contributed by atoms with E-state index in [4.69, 9.17) is 11.6 Å². The second-order valence-corrected chi connectivity index (χ2v) is 4.39. The van der Waals surface area contributed by atoms with Crippen molar-refractivity contribution >= 4 is 17.5 Å². The molecule has 1 aromatic carbocycles. The highest BCUT2D eigenvalue weighted by Gasteiger charge is 2.24. The van der Waals surface area contributed by atoms with Crippen molar-refractivity contribution in [2.75, 3.05) is 19.6 Å². The molecule has 0 aromatic heterocycles. The Kier molecular flexibility index (Phi) is 3.80. The van der Waals surface area contributed by atoms with Crippen LogP contribution in [0.2, 0.25) is 5.02 Å². The molecule has 1 amide bonds. The van der Waals surface area contributed by atoms with Gasteiger partial charge in [-0.3, -0.25) is 4.79 Å². The molecule has 3 nitrogen and oxygen atoms in total. The van der Waals surface area contributed by atoms with Gasteiger partial charge in [-0.25, -0.2) is 0 Å². The van der Waals surface area contributed by atoms with Crippen LogP contribution < -0.4 is 10.6 Å². The zero-order valence-corrected chi connectivity index (χ0v) is 9.76. The van der Waals surface area contributed by atoms with Crippen molar-refractivity contribution in [1.82, 2.24) is 10.6 Å². The molecule has 1 heterocycles. The molecule has 4 heteroatoms. The van der Waals surface area contributed by atoms with Crippen molar-refractivity contribution < 1.29 is 4.79 Å². The summed E-state index contributed by atoms with van der Waals surface area (Å²) in [6.07, 6.45) is 0.783. The van der Waals surface area contributed by atoms with Gasteiger partial charge in [-0.2, -0.15) is 0 Å². The summed E-state index contributed by atoms with van der Waals surface area (Å²) in [5.41, 5.74) is 1.08. The lowest BCUT2D eigenvalue weighted by Gasteiger charge is -2.25. The lowest BCUT2D eigenvalue weighted by atomic mass is 10.0. The van der Waals surface area contributed by atoms with E-state index in [9.17, 15) is 4.79 Å². The molecule has 1 fully saturated rings. The molecule has 0 radical (unpaired) electrons. The third kappa shape index (κ3) is 2.74. The minimum atomic E-state index is 0.144. The third-order valence-electron chi connectivity index (χ3n) is 2.80. The van der Waals surface area contributed by atoms with Gasteiger partial charge in [-0.15, -0.1) is 0 Å². The second-order valence-electron chi connectivity index (χ2n) is 3.99. The number of hydrogen-bond donors (Lipinski definition) is 2. The highest BCUT2D eigenvalue weighted by molar-refractivity contribution is 6.31. The molecule has 2 N–H and O–H groups in total. The topological polar surface area (TPSA) is 41.1 Å². The van der Waals surface area contributed by atoms with Gasteiger partial charge in [0.05, 0.1) is 5.92 Å². The van der Waals surface area contributed by atoms with Crippen molar-refractivity contribution in [3.63, 3.8) is 0 Å². The molecule has 1 aliphatic rings. The molecule has 0 atom stereocenters. The lowest BCUT2D eigenvalue weighted by Crippen LogP contribution is -2.51. The fourth-order valence-electron chi connectivity index (χ4n) is 1.64. The quantitative estimate of drug-likeness (QED) is 0.828. The van der Waals surface area contributed by atoms with Gasteiger partial charge in [0.2, 0.25) is 5.91 Å². The molecule has 2 rings (SSSR count). The minimum absolute atomic E-state index is 0.144. The van der Waals surface area contributed by atoms with Crippen LogP contribution in [0.4, 0.5) is 0 Å². The number of nitrogens with one attached hydrogen (secondary N) is 2. The number of carbonyl (C=O) groups is 1.